The van der Waals surface area contributed by atoms with Gasteiger partial charge in [0.1, 0.15) is 0 Å². The number of hydrogen-bond donors (Lipinski definition) is 0. The zero-order chi connectivity index (χ0) is 27.1. The molecule has 0 atom stereocenters. The van der Waals surface area contributed by atoms with E-state index in [2.05, 4.69) is 13.8 Å². The third-order valence-electron chi connectivity index (χ3n) is 6.55. The van der Waals surface area contributed by atoms with E-state index in [9.17, 15) is 9.59 Å². The van der Waals surface area contributed by atoms with Crippen molar-refractivity contribution in [2.75, 3.05) is 13.2 Å². The lowest BCUT2D eigenvalue weighted by atomic mass is 10.1. The highest BCUT2D eigenvalue weighted by Gasteiger charge is 1.99. The first-order valence-electron chi connectivity index (χ1n) is 15.5. The lowest BCUT2D eigenvalue weighted by Crippen LogP contribution is -2.02. The van der Waals surface area contributed by atoms with Gasteiger partial charge in [-0.2, -0.15) is 0 Å². The molecule has 0 aliphatic carbocycles. The smallest absolute Gasteiger partial charge is 0.331 e. The molecule has 0 aromatic carbocycles. The van der Waals surface area contributed by atoms with Crippen LogP contribution in [0.1, 0.15) is 155 Å². The Morgan fingerprint density at radius 1 is 0.459 bits per heavy atom. The lowest BCUT2D eigenvalue weighted by molar-refractivity contribution is -0.138. The molecule has 0 unspecified atom stereocenters. The Balaban J connectivity index is 3.43. The van der Waals surface area contributed by atoms with Gasteiger partial charge in [0, 0.05) is 12.2 Å². The minimum absolute atomic E-state index is 0.327. The Hall–Kier alpha value is -1.23. The second kappa shape index (κ2) is 31.0. The van der Waals surface area contributed by atoms with Gasteiger partial charge in [0.25, 0.3) is 0 Å². The van der Waals surface area contributed by atoms with Gasteiger partial charge in [-0.1, -0.05) is 142 Å². The zero-order valence-electron chi connectivity index (χ0n) is 24.3. The molecule has 0 N–H and O–H groups in total. The SMILES string of the molecule is CCCCCCCCCCCCCOC(=O)C=CSC=CC(=O)OCCCCCCCCCCCCC. The summed E-state index contributed by atoms with van der Waals surface area (Å²) in [6.07, 6.45) is 30.9. The number of unbranched alkanes of at least 4 members (excludes halogenated alkanes) is 20. The zero-order valence-corrected chi connectivity index (χ0v) is 25.1. The van der Waals surface area contributed by atoms with Crippen molar-refractivity contribution in [3.63, 3.8) is 0 Å². The van der Waals surface area contributed by atoms with Crippen molar-refractivity contribution in [1.29, 1.82) is 0 Å². The van der Waals surface area contributed by atoms with Crippen molar-refractivity contribution in [3.05, 3.63) is 23.0 Å². The molecule has 0 aromatic rings. The molecule has 0 radical (unpaired) electrons. The molecule has 0 aromatic heterocycles. The molecule has 0 heterocycles. The predicted molar refractivity (Wildman–Crippen MR) is 161 cm³/mol. The average molecular weight is 539 g/mol. The molecule has 4 nitrogen and oxygen atoms in total. The van der Waals surface area contributed by atoms with Gasteiger partial charge >= 0.3 is 11.9 Å². The van der Waals surface area contributed by atoms with Gasteiger partial charge in [-0.3, -0.25) is 0 Å². The highest BCUT2D eigenvalue weighted by molar-refractivity contribution is 8.04. The van der Waals surface area contributed by atoms with Crippen LogP contribution in [0.4, 0.5) is 0 Å². The van der Waals surface area contributed by atoms with Crippen LogP contribution >= 0.6 is 11.8 Å². The van der Waals surface area contributed by atoms with E-state index in [0.717, 1.165) is 25.7 Å². The van der Waals surface area contributed by atoms with Crippen molar-refractivity contribution >= 4 is 23.7 Å². The van der Waals surface area contributed by atoms with E-state index < -0.39 is 0 Å². The van der Waals surface area contributed by atoms with Crippen molar-refractivity contribution in [2.24, 2.45) is 0 Å². The summed E-state index contributed by atoms with van der Waals surface area (Å²) in [5.41, 5.74) is 0. The Bertz CT molecular complexity index is 511. The lowest BCUT2D eigenvalue weighted by Gasteiger charge is -2.03. The maximum atomic E-state index is 11.7. The number of rotatable bonds is 28. The molecule has 0 rings (SSSR count). The molecule has 0 saturated carbocycles. The first-order valence-corrected chi connectivity index (χ1v) is 16.5. The normalized spacial score (nSPS) is 11.5. The highest BCUT2D eigenvalue weighted by Crippen LogP contribution is 2.12. The molecule has 0 saturated heterocycles. The van der Waals surface area contributed by atoms with Crippen LogP contribution in [-0.4, -0.2) is 25.2 Å². The summed E-state index contributed by atoms with van der Waals surface area (Å²) in [4.78, 5) is 23.4. The number of hydrogen-bond acceptors (Lipinski definition) is 5. The van der Waals surface area contributed by atoms with Gasteiger partial charge < -0.3 is 9.47 Å². The first kappa shape index (κ1) is 35.8. The van der Waals surface area contributed by atoms with Crippen LogP contribution in [0.3, 0.4) is 0 Å². The molecule has 0 amide bonds. The maximum absolute atomic E-state index is 11.7. The van der Waals surface area contributed by atoms with Crippen molar-refractivity contribution in [2.45, 2.75) is 155 Å². The van der Waals surface area contributed by atoms with E-state index in [1.165, 1.54) is 139 Å². The summed E-state index contributed by atoms with van der Waals surface area (Å²) in [6.45, 7) is 5.47. The van der Waals surface area contributed by atoms with Crippen molar-refractivity contribution in [1.82, 2.24) is 0 Å². The molecular formula is C32H58O4S. The number of thioether (sulfide) groups is 1. The number of esters is 2. The Morgan fingerprint density at radius 3 is 1.03 bits per heavy atom. The van der Waals surface area contributed by atoms with Crippen molar-refractivity contribution < 1.29 is 19.1 Å². The molecule has 0 fully saturated rings. The van der Waals surface area contributed by atoms with E-state index in [0.29, 0.717) is 13.2 Å². The Kier molecular flexibility index (Phi) is 30.0. The van der Waals surface area contributed by atoms with Crippen LogP contribution in [0.15, 0.2) is 23.0 Å². The predicted octanol–water partition coefficient (Wildman–Crippen LogP) is 10.5. The Morgan fingerprint density at radius 2 is 0.730 bits per heavy atom. The standard InChI is InChI=1S/C32H58O4S/c1-3-5-7-9-11-13-15-17-19-21-23-27-35-31(33)25-29-37-30-26-32(34)36-28-24-22-20-18-16-14-12-10-8-6-4-2/h25-26,29-30H,3-24,27-28H2,1-2H3. The minimum atomic E-state index is -0.327. The summed E-state index contributed by atoms with van der Waals surface area (Å²) in [5.74, 6) is -0.654. The third-order valence-corrected chi connectivity index (χ3v) is 7.14. The van der Waals surface area contributed by atoms with E-state index in [4.69, 9.17) is 9.47 Å². The summed E-state index contributed by atoms with van der Waals surface area (Å²) < 4.78 is 10.4. The minimum Gasteiger partial charge on any atom is -0.463 e. The second-order valence-electron chi connectivity index (χ2n) is 10.1. The molecule has 216 valence electrons. The van der Waals surface area contributed by atoms with E-state index >= 15 is 0 Å². The summed E-state index contributed by atoms with van der Waals surface area (Å²) >= 11 is 1.27. The number of carbonyl (C=O) groups is 2. The molecule has 0 spiro atoms. The topological polar surface area (TPSA) is 52.6 Å². The first-order chi connectivity index (χ1) is 18.2. The van der Waals surface area contributed by atoms with Gasteiger partial charge in [-0.05, 0) is 23.7 Å². The van der Waals surface area contributed by atoms with Crippen LogP contribution in [0.5, 0.6) is 0 Å². The van der Waals surface area contributed by atoms with Crippen LogP contribution in [-0.2, 0) is 19.1 Å². The molecule has 5 heteroatoms. The summed E-state index contributed by atoms with van der Waals surface area (Å²) in [7, 11) is 0. The fraction of sp³-hybridized carbons (Fsp3) is 0.812. The number of carbonyl (C=O) groups excluding carboxylic acids is 2. The largest absolute Gasteiger partial charge is 0.463 e. The van der Waals surface area contributed by atoms with Gasteiger partial charge in [0.05, 0.1) is 13.2 Å². The van der Waals surface area contributed by atoms with Gasteiger partial charge in [-0.15, -0.1) is 11.8 Å². The highest BCUT2D eigenvalue weighted by atomic mass is 32.2. The van der Waals surface area contributed by atoms with Crippen LogP contribution in [0.25, 0.3) is 0 Å². The van der Waals surface area contributed by atoms with Crippen molar-refractivity contribution in [3.8, 4) is 0 Å². The Labute approximate surface area is 233 Å². The van der Waals surface area contributed by atoms with E-state index in [1.807, 2.05) is 0 Å². The quantitative estimate of drug-likeness (QED) is 0.0563. The third kappa shape index (κ3) is 30.9. The average Bonchev–Trinajstić information content (AvgIpc) is 2.89. The summed E-state index contributed by atoms with van der Waals surface area (Å²) in [5, 5.41) is 3.27. The molecule has 37 heavy (non-hydrogen) atoms. The second-order valence-corrected chi connectivity index (χ2v) is 11.0. The van der Waals surface area contributed by atoms with Crippen LogP contribution in [0, 0.1) is 0 Å². The van der Waals surface area contributed by atoms with E-state index in [-0.39, 0.29) is 11.9 Å². The fourth-order valence-corrected chi connectivity index (χ4v) is 4.68. The molecule has 0 aliphatic rings. The van der Waals surface area contributed by atoms with Gasteiger partial charge in [-0.25, -0.2) is 9.59 Å². The summed E-state index contributed by atoms with van der Waals surface area (Å²) in [6, 6.07) is 0. The molecule has 0 aliphatic heterocycles. The van der Waals surface area contributed by atoms with Gasteiger partial charge in [0.15, 0.2) is 0 Å². The fourth-order valence-electron chi connectivity index (χ4n) is 4.21. The monoisotopic (exact) mass is 538 g/mol. The van der Waals surface area contributed by atoms with Crippen LogP contribution in [0.2, 0.25) is 0 Å². The molecule has 0 bridgehead atoms. The van der Waals surface area contributed by atoms with E-state index in [1.54, 1.807) is 10.8 Å². The maximum Gasteiger partial charge on any atom is 0.331 e. The van der Waals surface area contributed by atoms with Crippen LogP contribution < -0.4 is 0 Å². The van der Waals surface area contributed by atoms with Gasteiger partial charge in [0.2, 0.25) is 0 Å². The molecular weight excluding hydrogens is 480 g/mol. The number of ether oxygens (including phenoxy) is 2.